The van der Waals surface area contributed by atoms with E-state index in [0.29, 0.717) is 6.04 Å². The highest BCUT2D eigenvalue weighted by Crippen LogP contribution is 2.15. The molecule has 0 spiro atoms. The minimum absolute atomic E-state index is 0.552. The summed E-state index contributed by atoms with van der Waals surface area (Å²) in [6, 6.07) is 0.552. The number of rotatable bonds is 6. The predicted octanol–water partition coefficient (Wildman–Crippen LogP) is 2.98. The van der Waals surface area contributed by atoms with Crippen molar-refractivity contribution in [2.75, 3.05) is 0 Å². The third kappa shape index (κ3) is 4.20. The minimum Gasteiger partial charge on any atom is -0.310 e. The molecule has 80 valence electrons. The monoisotopic (exact) mass is 212 g/mol. The van der Waals surface area contributed by atoms with Gasteiger partial charge in [0.2, 0.25) is 0 Å². The predicted molar refractivity (Wildman–Crippen MR) is 62.7 cm³/mol. The summed E-state index contributed by atoms with van der Waals surface area (Å²) in [5.74, 6) is 0. The normalized spacial score (nSPS) is 11.1. The highest BCUT2D eigenvalue weighted by atomic mass is 32.1. The SMILES string of the molecule is CCCCc1ncc(CNC(C)C)s1. The first-order valence-electron chi connectivity index (χ1n) is 5.39. The number of thiazole rings is 1. The molecule has 0 saturated heterocycles. The van der Waals surface area contributed by atoms with Gasteiger partial charge in [-0.25, -0.2) is 4.98 Å². The van der Waals surface area contributed by atoms with Gasteiger partial charge >= 0.3 is 0 Å². The van der Waals surface area contributed by atoms with Gasteiger partial charge in [-0.1, -0.05) is 27.2 Å². The topological polar surface area (TPSA) is 24.9 Å². The van der Waals surface area contributed by atoms with Gasteiger partial charge in [0.1, 0.15) is 0 Å². The Hall–Kier alpha value is -0.410. The van der Waals surface area contributed by atoms with Crippen molar-refractivity contribution in [3.05, 3.63) is 16.1 Å². The molecule has 0 atom stereocenters. The number of aryl methyl sites for hydroxylation is 1. The molecule has 0 fully saturated rings. The van der Waals surface area contributed by atoms with E-state index in [1.807, 2.05) is 17.5 Å². The van der Waals surface area contributed by atoms with Gasteiger partial charge in [0.15, 0.2) is 0 Å². The van der Waals surface area contributed by atoms with Crippen LogP contribution in [0.4, 0.5) is 0 Å². The first-order chi connectivity index (χ1) is 6.72. The minimum atomic E-state index is 0.552. The molecule has 0 amide bonds. The molecule has 2 nitrogen and oxygen atoms in total. The van der Waals surface area contributed by atoms with Crippen LogP contribution in [0.25, 0.3) is 0 Å². The molecule has 0 saturated carbocycles. The van der Waals surface area contributed by atoms with Crippen LogP contribution >= 0.6 is 11.3 Å². The Morgan fingerprint density at radius 3 is 2.93 bits per heavy atom. The fourth-order valence-corrected chi connectivity index (χ4v) is 2.09. The summed E-state index contributed by atoms with van der Waals surface area (Å²) in [4.78, 5) is 5.76. The van der Waals surface area contributed by atoms with Gasteiger partial charge in [-0.2, -0.15) is 0 Å². The van der Waals surface area contributed by atoms with Crippen LogP contribution in [-0.2, 0) is 13.0 Å². The van der Waals surface area contributed by atoms with Crippen LogP contribution in [0.3, 0.4) is 0 Å². The molecule has 0 aliphatic rings. The van der Waals surface area contributed by atoms with Crippen molar-refractivity contribution >= 4 is 11.3 Å². The molecular weight excluding hydrogens is 192 g/mol. The zero-order chi connectivity index (χ0) is 10.4. The average molecular weight is 212 g/mol. The molecule has 3 heteroatoms. The molecule has 1 aromatic heterocycles. The van der Waals surface area contributed by atoms with Crippen LogP contribution in [0.1, 0.15) is 43.5 Å². The molecule has 1 rings (SSSR count). The van der Waals surface area contributed by atoms with E-state index in [4.69, 9.17) is 0 Å². The molecular formula is C11H20N2S. The standard InChI is InChI=1S/C11H20N2S/c1-4-5-6-11-13-8-10(14-11)7-12-9(2)3/h8-9,12H,4-7H2,1-3H3. The van der Waals surface area contributed by atoms with Crippen molar-refractivity contribution in [3.8, 4) is 0 Å². The lowest BCUT2D eigenvalue weighted by molar-refractivity contribution is 0.593. The van der Waals surface area contributed by atoms with Crippen molar-refractivity contribution in [1.82, 2.24) is 10.3 Å². The summed E-state index contributed by atoms with van der Waals surface area (Å²) >= 11 is 1.84. The van der Waals surface area contributed by atoms with Gasteiger partial charge in [-0.05, 0) is 12.8 Å². The third-order valence-electron chi connectivity index (χ3n) is 2.03. The van der Waals surface area contributed by atoms with Crippen LogP contribution in [-0.4, -0.2) is 11.0 Å². The second-order valence-electron chi connectivity index (χ2n) is 3.86. The second-order valence-corrected chi connectivity index (χ2v) is 5.06. The van der Waals surface area contributed by atoms with E-state index in [-0.39, 0.29) is 0 Å². The Morgan fingerprint density at radius 1 is 1.50 bits per heavy atom. The molecule has 0 unspecified atom stereocenters. The number of hydrogen-bond donors (Lipinski definition) is 1. The highest BCUT2D eigenvalue weighted by Gasteiger charge is 2.01. The zero-order valence-corrected chi connectivity index (χ0v) is 10.2. The molecule has 1 aromatic rings. The quantitative estimate of drug-likeness (QED) is 0.784. The number of aromatic nitrogens is 1. The molecule has 1 heterocycles. The Labute approximate surface area is 90.8 Å². The lowest BCUT2D eigenvalue weighted by atomic mass is 10.3. The van der Waals surface area contributed by atoms with E-state index in [0.717, 1.165) is 13.0 Å². The maximum Gasteiger partial charge on any atom is 0.0928 e. The Bertz CT molecular complexity index is 256. The largest absolute Gasteiger partial charge is 0.310 e. The molecule has 0 bridgehead atoms. The summed E-state index contributed by atoms with van der Waals surface area (Å²) in [6.07, 6.45) is 5.65. The van der Waals surface area contributed by atoms with Gasteiger partial charge in [-0.15, -0.1) is 11.3 Å². The van der Waals surface area contributed by atoms with Gasteiger partial charge < -0.3 is 5.32 Å². The Balaban J connectivity index is 2.35. The smallest absolute Gasteiger partial charge is 0.0928 e. The molecule has 14 heavy (non-hydrogen) atoms. The Kier molecular flexibility index (Phi) is 5.12. The van der Waals surface area contributed by atoms with Gasteiger partial charge in [0.05, 0.1) is 5.01 Å². The van der Waals surface area contributed by atoms with Gasteiger partial charge in [-0.3, -0.25) is 0 Å². The van der Waals surface area contributed by atoms with Crippen molar-refractivity contribution < 1.29 is 0 Å². The van der Waals surface area contributed by atoms with E-state index in [1.54, 1.807) is 0 Å². The second kappa shape index (κ2) is 6.14. The summed E-state index contributed by atoms with van der Waals surface area (Å²) < 4.78 is 0. The van der Waals surface area contributed by atoms with Crippen molar-refractivity contribution in [1.29, 1.82) is 0 Å². The third-order valence-corrected chi connectivity index (χ3v) is 3.09. The molecule has 0 radical (unpaired) electrons. The van der Waals surface area contributed by atoms with E-state index in [2.05, 4.69) is 31.1 Å². The average Bonchev–Trinajstić information content (AvgIpc) is 2.59. The van der Waals surface area contributed by atoms with E-state index < -0.39 is 0 Å². The molecule has 1 N–H and O–H groups in total. The first-order valence-corrected chi connectivity index (χ1v) is 6.21. The maximum absolute atomic E-state index is 4.41. The number of nitrogens with one attached hydrogen (secondary N) is 1. The summed E-state index contributed by atoms with van der Waals surface area (Å²) in [5, 5.41) is 4.69. The van der Waals surface area contributed by atoms with E-state index in [1.165, 1.54) is 22.7 Å². The van der Waals surface area contributed by atoms with Crippen molar-refractivity contribution in [3.63, 3.8) is 0 Å². The fourth-order valence-electron chi connectivity index (χ4n) is 1.18. The summed E-state index contributed by atoms with van der Waals surface area (Å²) in [7, 11) is 0. The Morgan fingerprint density at radius 2 is 2.29 bits per heavy atom. The summed E-state index contributed by atoms with van der Waals surface area (Å²) in [5.41, 5.74) is 0. The van der Waals surface area contributed by atoms with E-state index in [9.17, 15) is 0 Å². The van der Waals surface area contributed by atoms with Crippen LogP contribution < -0.4 is 5.32 Å². The van der Waals surface area contributed by atoms with Crippen LogP contribution in [0.5, 0.6) is 0 Å². The lowest BCUT2D eigenvalue weighted by Gasteiger charge is -2.04. The molecule has 0 aliphatic carbocycles. The van der Waals surface area contributed by atoms with Crippen LogP contribution in [0.15, 0.2) is 6.20 Å². The van der Waals surface area contributed by atoms with Crippen molar-refractivity contribution in [2.24, 2.45) is 0 Å². The number of hydrogen-bond acceptors (Lipinski definition) is 3. The van der Waals surface area contributed by atoms with E-state index >= 15 is 0 Å². The zero-order valence-electron chi connectivity index (χ0n) is 9.34. The van der Waals surface area contributed by atoms with Gasteiger partial charge in [0, 0.05) is 23.7 Å². The fraction of sp³-hybridized carbons (Fsp3) is 0.727. The lowest BCUT2D eigenvalue weighted by Crippen LogP contribution is -2.21. The molecule has 0 aliphatic heterocycles. The maximum atomic E-state index is 4.41. The van der Waals surface area contributed by atoms with Crippen molar-refractivity contribution in [2.45, 2.75) is 52.6 Å². The highest BCUT2D eigenvalue weighted by molar-refractivity contribution is 7.11. The van der Waals surface area contributed by atoms with Crippen LogP contribution in [0.2, 0.25) is 0 Å². The summed E-state index contributed by atoms with van der Waals surface area (Å²) in [6.45, 7) is 7.51. The molecule has 0 aromatic carbocycles. The first kappa shape index (κ1) is 11.7. The number of nitrogens with zero attached hydrogens (tertiary/aromatic N) is 1. The van der Waals surface area contributed by atoms with Crippen LogP contribution in [0, 0.1) is 0 Å². The van der Waals surface area contributed by atoms with Gasteiger partial charge in [0.25, 0.3) is 0 Å². The number of unbranched alkanes of at least 4 members (excludes halogenated alkanes) is 1.